The van der Waals surface area contributed by atoms with Crippen LogP contribution in [0.25, 0.3) is 60.4 Å². The maximum atomic E-state index is 6.48. The van der Waals surface area contributed by atoms with Crippen LogP contribution in [-0.2, 0) is 6.54 Å². The highest BCUT2D eigenvalue weighted by Gasteiger charge is 2.20. The average Bonchev–Trinajstić information content (AvgIpc) is 3.56. The first kappa shape index (κ1) is 25.0. The number of nitrogens with two attached hydrogens (primary N) is 1. The molecular weight excluding hydrogens is 512 g/mol. The van der Waals surface area contributed by atoms with E-state index in [0.29, 0.717) is 12.7 Å². The normalized spacial score (nSPS) is 16.2. The molecule has 0 saturated carbocycles. The molecule has 4 nitrogen and oxygen atoms in total. The minimum absolute atomic E-state index is 0.347. The van der Waals surface area contributed by atoms with E-state index >= 15 is 0 Å². The Morgan fingerprint density at radius 3 is 2.00 bits per heavy atom. The summed E-state index contributed by atoms with van der Waals surface area (Å²) in [4.78, 5) is 0. The number of nitrogens with zero attached hydrogens (tertiary/aromatic N) is 2. The fraction of sp³-hybridized carbons (Fsp3) is 0.158. The van der Waals surface area contributed by atoms with Crippen molar-refractivity contribution < 1.29 is 0 Å². The fourth-order valence-corrected chi connectivity index (χ4v) is 6.94. The molecule has 206 valence electrons. The molecule has 1 atom stereocenters. The monoisotopic (exact) mass is 546 g/mol. The van der Waals surface area contributed by atoms with Crippen molar-refractivity contribution in [1.29, 1.82) is 0 Å². The zero-order valence-corrected chi connectivity index (χ0v) is 23.6. The molecule has 1 unspecified atom stereocenters. The molecule has 2 aromatic heterocycles. The third-order valence-corrected chi connectivity index (χ3v) is 9.01. The molecular formula is C38H34N4. The average molecular weight is 547 g/mol. The molecule has 1 aliphatic heterocycles. The highest BCUT2D eigenvalue weighted by atomic mass is 15.2. The third-order valence-electron chi connectivity index (χ3n) is 9.01. The van der Waals surface area contributed by atoms with E-state index in [1.54, 1.807) is 0 Å². The lowest BCUT2D eigenvalue weighted by molar-refractivity contribution is 0.334. The largest absolute Gasteiger partial charge is 0.398 e. The van der Waals surface area contributed by atoms with Gasteiger partial charge in [0.05, 0.1) is 17.2 Å². The van der Waals surface area contributed by atoms with Gasteiger partial charge in [-0.2, -0.15) is 0 Å². The Hall–Kier alpha value is -4.80. The highest BCUT2D eigenvalue weighted by molar-refractivity contribution is 6.11. The van der Waals surface area contributed by atoms with E-state index in [1.165, 1.54) is 74.0 Å². The maximum Gasteiger partial charge on any atom is 0.0845 e. The van der Waals surface area contributed by atoms with Gasteiger partial charge in [0.2, 0.25) is 0 Å². The first-order chi connectivity index (χ1) is 20.8. The van der Waals surface area contributed by atoms with Crippen LogP contribution in [0.4, 0.5) is 0 Å². The Balaban J connectivity index is 1.24. The van der Waals surface area contributed by atoms with Crippen molar-refractivity contribution in [2.75, 3.05) is 6.54 Å². The molecule has 1 fully saturated rings. The zero-order valence-electron chi connectivity index (χ0n) is 23.6. The lowest BCUT2D eigenvalue weighted by Gasteiger charge is -2.26. The summed E-state index contributed by atoms with van der Waals surface area (Å²) in [6.07, 6.45) is 6.17. The standard InChI is InChI=1S/C38H34N4/c39-33(26-10-2-1-3-11-26)21-23-41-34-14-6-4-12-29(34)31-24-27(17-19-35(31)41)28-18-20-37-32(25-28)30-13-5-7-15-36(30)42(37)38-16-8-9-22-40-38/h1-7,10-15,17-21,24-25,38,40H,8-9,16,22-23,39H2/b33-21-. The Labute approximate surface area is 245 Å². The molecule has 0 bridgehead atoms. The molecule has 4 heteroatoms. The molecule has 5 aromatic carbocycles. The van der Waals surface area contributed by atoms with E-state index < -0.39 is 0 Å². The minimum Gasteiger partial charge on any atom is -0.398 e. The molecule has 1 aliphatic rings. The highest BCUT2D eigenvalue weighted by Crippen LogP contribution is 2.38. The Kier molecular flexibility index (Phi) is 6.08. The number of rotatable bonds is 5. The molecule has 1 saturated heterocycles. The van der Waals surface area contributed by atoms with Crippen LogP contribution in [0.3, 0.4) is 0 Å². The first-order valence-electron chi connectivity index (χ1n) is 15.0. The van der Waals surface area contributed by atoms with Crippen LogP contribution < -0.4 is 11.1 Å². The fourth-order valence-electron chi connectivity index (χ4n) is 6.94. The molecule has 8 rings (SSSR count). The topological polar surface area (TPSA) is 47.9 Å². The quantitative estimate of drug-likeness (QED) is 0.227. The van der Waals surface area contributed by atoms with E-state index in [9.17, 15) is 0 Å². The minimum atomic E-state index is 0.347. The van der Waals surface area contributed by atoms with Gasteiger partial charge >= 0.3 is 0 Å². The smallest absolute Gasteiger partial charge is 0.0845 e. The van der Waals surface area contributed by atoms with Crippen molar-refractivity contribution in [3.8, 4) is 11.1 Å². The van der Waals surface area contributed by atoms with Crippen LogP contribution in [0.2, 0.25) is 0 Å². The lowest BCUT2D eigenvalue weighted by atomic mass is 10.0. The Morgan fingerprint density at radius 1 is 0.667 bits per heavy atom. The van der Waals surface area contributed by atoms with E-state index in [1.807, 2.05) is 18.2 Å². The van der Waals surface area contributed by atoms with E-state index in [2.05, 4.69) is 118 Å². The number of para-hydroxylation sites is 2. The van der Waals surface area contributed by atoms with Crippen LogP contribution >= 0.6 is 0 Å². The van der Waals surface area contributed by atoms with Crippen LogP contribution in [0.15, 0.2) is 121 Å². The summed E-state index contributed by atoms with van der Waals surface area (Å²) in [6.45, 7) is 1.80. The summed E-state index contributed by atoms with van der Waals surface area (Å²) >= 11 is 0. The molecule has 0 amide bonds. The zero-order chi connectivity index (χ0) is 28.0. The first-order valence-corrected chi connectivity index (χ1v) is 15.0. The Morgan fingerprint density at radius 2 is 1.26 bits per heavy atom. The number of hydrogen-bond donors (Lipinski definition) is 2. The number of fused-ring (bicyclic) bond motifs is 6. The second kappa shape index (κ2) is 10.2. The van der Waals surface area contributed by atoms with Crippen molar-refractivity contribution in [2.45, 2.75) is 32.0 Å². The summed E-state index contributed by atoms with van der Waals surface area (Å²) in [5.74, 6) is 0. The van der Waals surface area contributed by atoms with Gasteiger partial charge in [-0.15, -0.1) is 0 Å². The predicted octanol–water partition coefficient (Wildman–Crippen LogP) is 8.84. The van der Waals surface area contributed by atoms with Crippen molar-refractivity contribution in [2.24, 2.45) is 5.73 Å². The summed E-state index contributed by atoms with van der Waals surface area (Å²) in [6, 6.07) is 41.7. The summed E-state index contributed by atoms with van der Waals surface area (Å²) in [5, 5.41) is 8.94. The second-order valence-corrected chi connectivity index (χ2v) is 11.5. The van der Waals surface area contributed by atoms with E-state index in [-0.39, 0.29) is 0 Å². The van der Waals surface area contributed by atoms with Gasteiger partial charge in [-0.3, -0.25) is 5.32 Å². The maximum absolute atomic E-state index is 6.48. The van der Waals surface area contributed by atoms with Crippen molar-refractivity contribution in [3.05, 3.63) is 127 Å². The van der Waals surface area contributed by atoms with Gasteiger partial charge in [-0.1, -0.05) is 78.9 Å². The molecule has 0 radical (unpaired) electrons. The number of aromatic nitrogens is 2. The number of piperidine rings is 1. The predicted molar refractivity (Wildman–Crippen MR) is 177 cm³/mol. The van der Waals surface area contributed by atoms with Gasteiger partial charge in [0.15, 0.2) is 0 Å². The number of nitrogens with one attached hydrogen (secondary N) is 1. The van der Waals surface area contributed by atoms with Gasteiger partial charge in [0.25, 0.3) is 0 Å². The second-order valence-electron chi connectivity index (χ2n) is 11.5. The van der Waals surface area contributed by atoms with E-state index in [0.717, 1.165) is 17.8 Å². The molecule has 42 heavy (non-hydrogen) atoms. The van der Waals surface area contributed by atoms with Crippen molar-refractivity contribution in [3.63, 3.8) is 0 Å². The lowest BCUT2D eigenvalue weighted by Crippen LogP contribution is -2.31. The summed E-state index contributed by atoms with van der Waals surface area (Å²) < 4.78 is 4.90. The van der Waals surface area contributed by atoms with Crippen molar-refractivity contribution >= 4 is 49.3 Å². The van der Waals surface area contributed by atoms with Crippen LogP contribution in [0.1, 0.15) is 31.0 Å². The third kappa shape index (κ3) is 4.10. The molecule has 7 aromatic rings. The van der Waals surface area contributed by atoms with Crippen LogP contribution in [-0.4, -0.2) is 15.7 Å². The molecule has 3 N–H and O–H groups in total. The van der Waals surface area contributed by atoms with Gasteiger partial charge in [0.1, 0.15) is 0 Å². The van der Waals surface area contributed by atoms with Gasteiger partial charge in [-0.25, -0.2) is 0 Å². The molecule has 0 spiro atoms. The molecule has 0 aliphatic carbocycles. The van der Waals surface area contributed by atoms with Gasteiger partial charge in [-0.05, 0) is 85.0 Å². The van der Waals surface area contributed by atoms with Gasteiger partial charge < -0.3 is 14.9 Å². The number of hydrogen-bond acceptors (Lipinski definition) is 2. The van der Waals surface area contributed by atoms with Gasteiger partial charge in [0, 0.05) is 44.8 Å². The molecule has 3 heterocycles. The van der Waals surface area contributed by atoms with Crippen LogP contribution in [0, 0.1) is 0 Å². The summed E-state index contributed by atoms with van der Waals surface area (Å²) in [7, 11) is 0. The number of benzene rings is 5. The number of allylic oxidation sites excluding steroid dienone is 1. The Bertz CT molecular complexity index is 2110. The van der Waals surface area contributed by atoms with E-state index in [4.69, 9.17) is 5.73 Å². The van der Waals surface area contributed by atoms with Crippen molar-refractivity contribution in [1.82, 2.24) is 14.5 Å². The van der Waals surface area contributed by atoms with Crippen LogP contribution in [0.5, 0.6) is 0 Å². The summed E-state index contributed by atoms with van der Waals surface area (Å²) in [5.41, 5.74) is 15.9. The SMILES string of the molecule is N/C(=C\Cn1c2ccccc2c2cc(-c3ccc4c(c3)c3ccccc3n4C3CCCCN3)ccc21)c1ccccc1.